The lowest BCUT2D eigenvalue weighted by atomic mass is 10.1. The molecule has 2 amide bonds. The van der Waals surface area contributed by atoms with Crippen LogP contribution in [-0.4, -0.2) is 59.7 Å². The number of nitrogens with zero attached hydrogens (tertiary/aromatic N) is 3. The van der Waals surface area contributed by atoms with Gasteiger partial charge in [-0.2, -0.15) is 0 Å². The minimum atomic E-state index is -0.0771. The molecular formula is C20H25ClN6OS. The highest BCUT2D eigenvalue weighted by molar-refractivity contribution is 7.80. The van der Waals surface area contributed by atoms with Crippen molar-refractivity contribution in [3.05, 3.63) is 29.3 Å². The molecule has 3 heterocycles. The summed E-state index contributed by atoms with van der Waals surface area (Å²) in [5.41, 5.74) is 7.82. The molecule has 0 spiro atoms. The van der Waals surface area contributed by atoms with E-state index in [9.17, 15) is 4.79 Å². The van der Waals surface area contributed by atoms with Gasteiger partial charge in [0.25, 0.3) is 0 Å². The Bertz CT molecular complexity index is 925. The van der Waals surface area contributed by atoms with Crippen LogP contribution in [0.4, 0.5) is 16.3 Å². The fraction of sp³-hybridized carbons (Fsp3) is 0.450. The number of thiocarbonyl (C=S) groups is 1. The van der Waals surface area contributed by atoms with Crippen molar-refractivity contribution in [1.82, 2.24) is 20.5 Å². The molecule has 4 N–H and O–H groups in total. The van der Waals surface area contributed by atoms with Crippen LogP contribution in [0, 0.1) is 0 Å². The average molecular weight is 433 g/mol. The van der Waals surface area contributed by atoms with Crippen molar-refractivity contribution in [2.75, 3.05) is 43.4 Å². The van der Waals surface area contributed by atoms with Crippen LogP contribution in [0.25, 0.3) is 10.9 Å². The number of fused-ring (bicyclic) bond motifs is 1. The Morgan fingerprint density at radius 2 is 2.03 bits per heavy atom. The summed E-state index contributed by atoms with van der Waals surface area (Å²) in [5, 5.41) is 7.96. The molecule has 0 aliphatic carbocycles. The first kappa shape index (κ1) is 20.0. The number of nitrogen functional groups attached to an aromatic ring is 1. The van der Waals surface area contributed by atoms with Gasteiger partial charge in [0.1, 0.15) is 5.82 Å². The van der Waals surface area contributed by atoms with Crippen LogP contribution in [-0.2, 0) is 0 Å². The van der Waals surface area contributed by atoms with E-state index in [-0.39, 0.29) is 12.1 Å². The topological polar surface area (TPSA) is 86.5 Å². The maximum atomic E-state index is 12.7. The number of halogens is 1. The lowest BCUT2D eigenvalue weighted by molar-refractivity contribution is 0.192. The quantitative estimate of drug-likeness (QED) is 0.632. The van der Waals surface area contributed by atoms with Gasteiger partial charge < -0.3 is 26.2 Å². The molecule has 1 atom stereocenters. The third-order valence-electron chi connectivity index (χ3n) is 5.51. The fourth-order valence-corrected chi connectivity index (χ4v) is 4.38. The molecule has 0 saturated carbocycles. The molecule has 0 bridgehead atoms. The van der Waals surface area contributed by atoms with Crippen molar-refractivity contribution in [3.8, 4) is 0 Å². The fourth-order valence-electron chi connectivity index (χ4n) is 3.93. The van der Waals surface area contributed by atoms with Gasteiger partial charge in [-0.25, -0.2) is 9.78 Å². The number of rotatable bonds is 2. The number of urea groups is 1. The van der Waals surface area contributed by atoms with E-state index in [0.717, 1.165) is 60.5 Å². The Morgan fingerprint density at radius 3 is 2.83 bits per heavy atom. The number of hydrogen-bond acceptors (Lipinski definition) is 5. The summed E-state index contributed by atoms with van der Waals surface area (Å²) in [4.78, 5) is 22.0. The van der Waals surface area contributed by atoms with Gasteiger partial charge in [0.2, 0.25) is 0 Å². The van der Waals surface area contributed by atoms with Gasteiger partial charge in [-0.3, -0.25) is 0 Å². The van der Waals surface area contributed by atoms with Gasteiger partial charge in [0, 0.05) is 54.9 Å². The van der Waals surface area contributed by atoms with Crippen LogP contribution < -0.4 is 21.3 Å². The molecule has 0 radical (unpaired) electrons. The molecule has 2 fully saturated rings. The number of carbonyl (C=O) groups is 1. The SMILES string of the molecule is Nc1cc(N2CCN(C(=O)N[C@@H]3CCCCNC3=S)CC2)c2ccc(Cl)cc2n1. The van der Waals surface area contributed by atoms with E-state index in [2.05, 4.69) is 20.5 Å². The van der Waals surface area contributed by atoms with Crippen molar-refractivity contribution in [2.45, 2.75) is 25.3 Å². The first-order valence-corrected chi connectivity index (χ1v) is 10.7. The van der Waals surface area contributed by atoms with E-state index in [1.165, 1.54) is 0 Å². The molecule has 0 unspecified atom stereocenters. The molecule has 2 aliphatic rings. The van der Waals surface area contributed by atoms with Gasteiger partial charge in [-0.15, -0.1) is 0 Å². The maximum absolute atomic E-state index is 12.7. The molecule has 4 rings (SSSR count). The predicted octanol–water partition coefficient (Wildman–Crippen LogP) is 2.77. The lowest BCUT2D eigenvalue weighted by Crippen LogP contribution is -2.55. The number of aromatic nitrogens is 1. The molecular weight excluding hydrogens is 408 g/mol. The number of piperazine rings is 1. The first-order valence-electron chi connectivity index (χ1n) is 9.95. The lowest BCUT2D eigenvalue weighted by Gasteiger charge is -2.37. The second-order valence-electron chi connectivity index (χ2n) is 7.49. The summed E-state index contributed by atoms with van der Waals surface area (Å²) in [6.45, 7) is 3.61. The predicted molar refractivity (Wildman–Crippen MR) is 122 cm³/mol. The highest BCUT2D eigenvalue weighted by Crippen LogP contribution is 2.30. The molecule has 2 saturated heterocycles. The number of nitrogens with two attached hydrogens (primary N) is 1. The number of anilines is 2. The van der Waals surface area contributed by atoms with Gasteiger partial charge in [-0.1, -0.05) is 23.8 Å². The van der Waals surface area contributed by atoms with E-state index in [0.29, 0.717) is 23.9 Å². The summed E-state index contributed by atoms with van der Waals surface area (Å²) in [7, 11) is 0. The van der Waals surface area contributed by atoms with Crippen LogP contribution in [0.5, 0.6) is 0 Å². The van der Waals surface area contributed by atoms with Crippen LogP contribution in [0.2, 0.25) is 5.02 Å². The zero-order chi connectivity index (χ0) is 20.4. The van der Waals surface area contributed by atoms with E-state index in [1.54, 1.807) is 0 Å². The summed E-state index contributed by atoms with van der Waals surface area (Å²) >= 11 is 11.5. The second-order valence-corrected chi connectivity index (χ2v) is 8.37. The van der Waals surface area contributed by atoms with Crippen molar-refractivity contribution < 1.29 is 4.79 Å². The highest BCUT2D eigenvalue weighted by Gasteiger charge is 2.26. The Kier molecular flexibility index (Phi) is 5.91. The number of pyridine rings is 1. The molecule has 154 valence electrons. The van der Waals surface area contributed by atoms with E-state index in [4.69, 9.17) is 29.6 Å². The van der Waals surface area contributed by atoms with Crippen LogP contribution in [0.15, 0.2) is 24.3 Å². The van der Waals surface area contributed by atoms with Crippen molar-refractivity contribution >= 4 is 57.2 Å². The molecule has 29 heavy (non-hydrogen) atoms. The third kappa shape index (κ3) is 4.48. The maximum Gasteiger partial charge on any atom is 0.318 e. The molecule has 9 heteroatoms. The Labute approximate surface area is 180 Å². The molecule has 1 aromatic heterocycles. The average Bonchev–Trinajstić information content (AvgIpc) is 2.91. The number of nitrogens with one attached hydrogen (secondary N) is 2. The number of carbonyl (C=O) groups excluding carboxylic acids is 1. The number of amides is 2. The molecule has 2 aliphatic heterocycles. The van der Waals surface area contributed by atoms with Crippen LogP contribution >= 0.6 is 23.8 Å². The zero-order valence-corrected chi connectivity index (χ0v) is 17.7. The highest BCUT2D eigenvalue weighted by atomic mass is 35.5. The summed E-state index contributed by atoms with van der Waals surface area (Å²) in [5.74, 6) is 0.462. The smallest absolute Gasteiger partial charge is 0.318 e. The zero-order valence-electron chi connectivity index (χ0n) is 16.2. The van der Waals surface area contributed by atoms with Crippen molar-refractivity contribution in [1.29, 1.82) is 0 Å². The standard InChI is InChI=1S/C20H25ClN6OS/c21-13-4-5-14-16(11-13)24-18(22)12-17(14)26-7-9-27(10-8-26)20(28)25-15-3-1-2-6-23-19(15)29/h4-5,11-12,15H,1-3,6-10H2,(H2,22,24)(H,23,29)(H,25,28)/t15-/m1/s1. The Morgan fingerprint density at radius 1 is 1.24 bits per heavy atom. The minimum absolute atomic E-state index is 0.0495. The van der Waals surface area contributed by atoms with Crippen LogP contribution in [0.3, 0.4) is 0 Å². The van der Waals surface area contributed by atoms with E-state index in [1.807, 2.05) is 29.2 Å². The normalized spacial score (nSPS) is 20.3. The van der Waals surface area contributed by atoms with E-state index < -0.39 is 0 Å². The van der Waals surface area contributed by atoms with Gasteiger partial charge in [0.05, 0.1) is 16.5 Å². The molecule has 2 aromatic rings. The first-order chi connectivity index (χ1) is 14.0. The van der Waals surface area contributed by atoms with Crippen LogP contribution in [0.1, 0.15) is 19.3 Å². The van der Waals surface area contributed by atoms with E-state index >= 15 is 0 Å². The Hall–Kier alpha value is -2.32. The monoisotopic (exact) mass is 432 g/mol. The number of benzene rings is 1. The third-order valence-corrected chi connectivity index (χ3v) is 6.17. The van der Waals surface area contributed by atoms with Crippen molar-refractivity contribution in [2.24, 2.45) is 0 Å². The molecule has 7 nitrogen and oxygen atoms in total. The summed E-state index contributed by atoms with van der Waals surface area (Å²) in [6, 6.07) is 7.42. The molecule has 1 aromatic carbocycles. The van der Waals surface area contributed by atoms with Gasteiger partial charge in [0.15, 0.2) is 0 Å². The Balaban J connectivity index is 1.42. The second kappa shape index (κ2) is 8.59. The van der Waals surface area contributed by atoms with Gasteiger partial charge in [-0.05, 0) is 37.5 Å². The summed E-state index contributed by atoms with van der Waals surface area (Å²) in [6.07, 6.45) is 3.04. The largest absolute Gasteiger partial charge is 0.384 e. The summed E-state index contributed by atoms with van der Waals surface area (Å²) < 4.78 is 0. The van der Waals surface area contributed by atoms with Crippen molar-refractivity contribution in [3.63, 3.8) is 0 Å². The minimum Gasteiger partial charge on any atom is -0.384 e. The van der Waals surface area contributed by atoms with Gasteiger partial charge >= 0.3 is 6.03 Å². The number of hydrogen-bond donors (Lipinski definition) is 3.